The summed E-state index contributed by atoms with van der Waals surface area (Å²) >= 11 is 15.1. The Balaban J connectivity index is 2.38. The van der Waals surface area contributed by atoms with Gasteiger partial charge in [-0.1, -0.05) is 27.5 Å². The van der Waals surface area contributed by atoms with Crippen LogP contribution in [0.2, 0.25) is 5.02 Å². The van der Waals surface area contributed by atoms with Gasteiger partial charge < -0.3 is 4.42 Å². The van der Waals surface area contributed by atoms with E-state index in [1.54, 1.807) is 6.20 Å². The molecule has 5 heteroatoms. The van der Waals surface area contributed by atoms with Crippen LogP contribution in [0, 0.1) is 0 Å². The standard InChI is InChI=1S/C11H8BrCl2NO/c12-7-1-2-9(14)8(5-7)10-6-15-11(16-10)3-4-13/h1-2,5-6H,3-4H2. The Bertz CT molecular complexity index is 498. The van der Waals surface area contributed by atoms with E-state index < -0.39 is 0 Å². The lowest BCUT2D eigenvalue weighted by Crippen LogP contribution is -1.83. The van der Waals surface area contributed by atoms with E-state index in [0.717, 1.165) is 10.0 Å². The molecule has 0 aliphatic carbocycles. The van der Waals surface area contributed by atoms with Crippen LogP contribution in [-0.4, -0.2) is 10.9 Å². The van der Waals surface area contributed by atoms with E-state index in [2.05, 4.69) is 20.9 Å². The molecule has 0 fully saturated rings. The number of aryl methyl sites for hydroxylation is 1. The Morgan fingerprint density at radius 2 is 2.19 bits per heavy atom. The van der Waals surface area contributed by atoms with Crippen molar-refractivity contribution < 1.29 is 4.42 Å². The Morgan fingerprint density at radius 3 is 2.94 bits per heavy atom. The zero-order chi connectivity index (χ0) is 11.5. The van der Waals surface area contributed by atoms with E-state index in [9.17, 15) is 0 Å². The molecule has 0 saturated heterocycles. The second-order valence-corrected chi connectivity index (χ2v) is 4.88. The summed E-state index contributed by atoms with van der Waals surface area (Å²) in [6.45, 7) is 0. The molecule has 0 spiro atoms. The van der Waals surface area contributed by atoms with Crippen molar-refractivity contribution in [3.63, 3.8) is 0 Å². The fourth-order valence-corrected chi connectivity index (χ4v) is 2.05. The Morgan fingerprint density at radius 1 is 1.38 bits per heavy atom. The predicted octanol–water partition coefficient (Wildman–Crippen LogP) is 4.54. The molecule has 0 radical (unpaired) electrons. The Hall–Kier alpha value is -0.510. The first-order valence-electron chi connectivity index (χ1n) is 4.67. The number of nitrogens with zero attached hydrogens (tertiary/aromatic N) is 1. The molecular weight excluding hydrogens is 313 g/mol. The molecule has 0 atom stereocenters. The maximum atomic E-state index is 6.08. The molecule has 1 aromatic heterocycles. The Kier molecular flexibility index (Phi) is 3.90. The quantitative estimate of drug-likeness (QED) is 0.776. The lowest BCUT2D eigenvalue weighted by molar-refractivity contribution is 0.515. The Labute approximate surface area is 112 Å². The second kappa shape index (κ2) is 5.21. The number of hydrogen-bond donors (Lipinski definition) is 0. The van der Waals surface area contributed by atoms with Crippen LogP contribution in [0.25, 0.3) is 11.3 Å². The van der Waals surface area contributed by atoms with E-state index in [0.29, 0.717) is 29.0 Å². The molecule has 2 aromatic rings. The van der Waals surface area contributed by atoms with Gasteiger partial charge in [-0.15, -0.1) is 11.6 Å². The van der Waals surface area contributed by atoms with Gasteiger partial charge in [-0.2, -0.15) is 0 Å². The minimum absolute atomic E-state index is 0.492. The van der Waals surface area contributed by atoms with Gasteiger partial charge in [0.25, 0.3) is 0 Å². The van der Waals surface area contributed by atoms with Crippen molar-refractivity contribution in [2.24, 2.45) is 0 Å². The average Bonchev–Trinajstić information content (AvgIpc) is 2.71. The molecule has 16 heavy (non-hydrogen) atoms. The number of hydrogen-bond acceptors (Lipinski definition) is 2. The van der Waals surface area contributed by atoms with Crippen LogP contribution in [0.3, 0.4) is 0 Å². The SMILES string of the molecule is ClCCc1ncc(-c2cc(Br)ccc2Cl)o1. The van der Waals surface area contributed by atoms with Crippen molar-refractivity contribution in [2.75, 3.05) is 5.88 Å². The molecule has 2 nitrogen and oxygen atoms in total. The normalized spacial score (nSPS) is 10.7. The van der Waals surface area contributed by atoms with E-state index >= 15 is 0 Å². The number of oxazole rings is 1. The third kappa shape index (κ3) is 2.59. The molecule has 0 unspecified atom stereocenters. The third-order valence-electron chi connectivity index (χ3n) is 2.06. The van der Waals surface area contributed by atoms with Crippen molar-refractivity contribution in [2.45, 2.75) is 6.42 Å². The smallest absolute Gasteiger partial charge is 0.196 e. The molecule has 84 valence electrons. The summed E-state index contributed by atoms with van der Waals surface area (Å²) in [6, 6.07) is 5.58. The van der Waals surface area contributed by atoms with Gasteiger partial charge in [-0.05, 0) is 18.2 Å². The molecule has 0 amide bonds. The average molecular weight is 321 g/mol. The molecule has 1 heterocycles. The van der Waals surface area contributed by atoms with E-state index in [1.165, 1.54) is 0 Å². The summed E-state index contributed by atoms with van der Waals surface area (Å²) in [6.07, 6.45) is 2.28. The third-order valence-corrected chi connectivity index (χ3v) is 3.07. The van der Waals surface area contributed by atoms with Gasteiger partial charge in [0.2, 0.25) is 0 Å². The highest BCUT2D eigenvalue weighted by Gasteiger charge is 2.10. The van der Waals surface area contributed by atoms with Gasteiger partial charge in [0.1, 0.15) is 0 Å². The summed E-state index contributed by atoms with van der Waals surface area (Å²) in [7, 11) is 0. The van der Waals surface area contributed by atoms with Crippen molar-refractivity contribution in [3.05, 3.63) is 39.8 Å². The number of alkyl halides is 1. The van der Waals surface area contributed by atoms with Gasteiger partial charge in [-0.3, -0.25) is 0 Å². The molecule has 2 rings (SSSR count). The molecule has 0 bridgehead atoms. The summed E-state index contributed by atoms with van der Waals surface area (Å²) in [5, 5.41) is 0.636. The number of rotatable bonds is 3. The minimum Gasteiger partial charge on any atom is -0.441 e. The first-order valence-corrected chi connectivity index (χ1v) is 6.37. The van der Waals surface area contributed by atoms with Gasteiger partial charge in [0.05, 0.1) is 11.2 Å². The summed E-state index contributed by atoms with van der Waals surface area (Å²) in [5.74, 6) is 1.78. The van der Waals surface area contributed by atoms with Crippen molar-refractivity contribution in [3.8, 4) is 11.3 Å². The van der Waals surface area contributed by atoms with E-state index in [1.807, 2.05) is 18.2 Å². The predicted molar refractivity (Wildman–Crippen MR) is 69.1 cm³/mol. The summed E-state index contributed by atoms with van der Waals surface area (Å²) < 4.78 is 6.49. The highest BCUT2D eigenvalue weighted by Crippen LogP contribution is 2.31. The molecular formula is C11H8BrCl2NO. The molecule has 1 aromatic carbocycles. The molecule has 0 aliphatic rings. The van der Waals surface area contributed by atoms with E-state index in [4.69, 9.17) is 27.6 Å². The fourth-order valence-electron chi connectivity index (χ4n) is 1.32. The maximum absolute atomic E-state index is 6.08. The number of aromatic nitrogens is 1. The second-order valence-electron chi connectivity index (χ2n) is 3.18. The highest BCUT2D eigenvalue weighted by atomic mass is 79.9. The highest BCUT2D eigenvalue weighted by molar-refractivity contribution is 9.10. The monoisotopic (exact) mass is 319 g/mol. The van der Waals surface area contributed by atoms with Crippen LogP contribution in [0.5, 0.6) is 0 Å². The van der Waals surface area contributed by atoms with Gasteiger partial charge >= 0.3 is 0 Å². The van der Waals surface area contributed by atoms with Gasteiger partial charge in [0.15, 0.2) is 11.7 Å². The van der Waals surface area contributed by atoms with Crippen LogP contribution in [0.15, 0.2) is 33.3 Å². The van der Waals surface area contributed by atoms with Gasteiger partial charge in [-0.25, -0.2) is 4.98 Å². The molecule has 0 aliphatic heterocycles. The largest absolute Gasteiger partial charge is 0.441 e. The lowest BCUT2D eigenvalue weighted by Gasteiger charge is -2.00. The molecule has 0 saturated carbocycles. The van der Waals surface area contributed by atoms with Crippen LogP contribution in [-0.2, 0) is 6.42 Å². The first-order chi connectivity index (χ1) is 7.70. The van der Waals surface area contributed by atoms with Crippen LogP contribution < -0.4 is 0 Å². The summed E-state index contributed by atoms with van der Waals surface area (Å²) in [5.41, 5.74) is 0.823. The van der Waals surface area contributed by atoms with Crippen molar-refractivity contribution in [1.29, 1.82) is 0 Å². The van der Waals surface area contributed by atoms with Gasteiger partial charge in [0, 0.05) is 22.3 Å². The van der Waals surface area contributed by atoms with Crippen molar-refractivity contribution >= 4 is 39.1 Å². The number of halogens is 3. The molecule has 0 N–H and O–H groups in total. The van der Waals surface area contributed by atoms with Crippen LogP contribution in [0.1, 0.15) is 5.89 Å². The topological polar surface area (TPSA) is 26.0 Å². The van der Waals surface area contributed by atoms with Crippen LogP contribution >= 0.6 is 39.1 Å². The van der Waals surface area contributed by atoms with E-state index in [-0.39, 0.29) is 0 Å². The first kappa shape index (κ1) is 12.0. The zero-order valence-electron chi connectivity index (χ0n) is 8.21. The summed E-state index contributed by atoms with van der Waals surface area (Å²) in [4.78, 5) is 4.13. The number of benzene rings is 1. The maximum Gasteiger partial charge on any atom is 0.196 e. The zero-order valence-corrected chi connectivity index (χ0v) is 11.3. The lowest BCUT2D eigenvalue weighted by atomic mass is 10.2. The van der Waals surface area contributed by atoms with Crippen LogP contribution in [0.4, 0.5) is 0 Å². The minimum atomic E-state index is 0.492. The fraction of sp³-hybridized carbons (Fsp3) is 0.182. The van der Waals surface area contributed by atoms with Crippen molar-refractivity contribution in [1.82, 2.24) is 4.98 Å².